The van der Waals surface area contributed by atoms with Crippen LogP contribution in [0.2, 0.25) is 0 Å². The second-order valence-corrected chi connectivity index (χ2v) is 5.29. The molecular formula is C14H16N6O2. The Balaban J connectivity index is 1.82. The molecule has 22 heavy (non-hydrogen) atoms. The van der Waals surface area contributed by atoms with Gasteiger partial charge in [0.05, 0.1) is 4.92 Å². The van der Waals surface area contributed by atoms with Crippen molar-refractivity contribution in [3.8, 4) is 0 Å². The molecule has 3 rings (SSSR count). The SMILES string of the molecule is CN(Cc1ccncc1)c1ncc([N+](=O)[O-])c(NC2CC2)n1. The maximum atomic E-state index is 11.1. The Bertz CT molecular complexity index is 674. The summed E-state index contributed by atoms with van der Waals surface area (Å²) in [5, 5.41) is 14.2. The van der Waals surface area contributed by atoms with E-state index in [0.717, 1.165) is 18.4 Å². The molecule has 2 heterocycles. The average molecular weight is 300 g/mol. The van der Waals surface area contributed by atoms with Crippen molar-refractivity contribution < 1.29 is 4.92 Å². The molecule has 1 aliphatic rings. The summed E-state index contributed by atoms with van der Waals surface area (Å²) < 4.78 is 0. The van der Waals surface area contributed by atoms with Crippen molar-refractivity contribution in [2.45, 2.75) is 25.4 Å². The van der Waals surface area contributed by atoms with Gasteiger partial charge in [-0.15, -0.1) is 0 Å². The molecule has 8 nitrogen and oxygen atoms in total. The molecule has 1 fully saturated rings. The van der Waals surface area contributed by atoms with Crippen molar-refractivity contribution in [1.82, 2.24) is 15.0 Å². The smallest absolute Gasteiger partial charge is 0.329 e. The van der Waals surface area contributed by atoms with Gasteiger partial charge in [0.2, 0.25) is 11.8 Å². The lowest BCUT2D eigenvalue weighted by Gasteiger charge is -2.17. The maximum Gasteiger partial charge on any atom is 0.329 e. The van der Waals surface area contributed by atoms with Crippen LogP contribution < -0.4 is 10.2 Å². The quantitative estimate of drug-likeness (QED) is 0.643. The van der Waals surface area contributed by atoms with Crippen molar-refractivity contribution in [2.24, 2.45) is 0 Å². The molecule has 8 heteroatoms. The van der Waals surface area contributed by atoms with E-state index in [4.69, 9.17) is 0 Å². The molecule has 1 N–H and O–H groups in total. The molecule has 0 radical (unpaired) electrons. The Morgan fingerprint density at radius 2 is 2.14 bits per heavy atom. The van der Waals surface area contributed by atoms with E-state index >= 15 is 0 Å². The topological polar surface area (TPSA) is 97.1 Å². The lowest BCUT2D eigenvalue weighted by molar-refractivity contribution is -0.384. The molecule has 0 unspecified atom stereocenters. The Kier molecular flexibility index (Phi) is 3.82. The Labute approximate surface area is 127 Å². The number of rotatable bonds is 6. The number of aromatic nitrogens is 3. The Morgan fingerprint density at radius 3 is 2.77 bits per heavy atom. The van der Waals surface area contributed by atoms with Crippen molar-refractivity contribution >= 4 is 17.5 Å². The van der Waals surface area contributed by atoms with Crippen molar-refractivity contribution in [2.75, 3.05) is 17.3 Å². The Hall–Kier alpha value is -2.77. The molecule has 114 valence electrons. The summed E-state index contributed by atoms with van der Waals surface area (Å²) in [5.41, 5.74) is 0.976. The summed E-state index contributed by atoms with van der Waals surface area (Å²) in [6.45, 7) is 0.600. The minimum absolute atomic E-state index is 0.0899. The number of hydrogen-bond acceptors (Lipinski definition) is 7. The minimum atomic E-state index is -0.461. The third-order valence-electron chi connectivity index (χ3n) is 3.38. The van der Waals surface area contributed by atoms with E-state index in [9.17, 15) is 10.1 Å². The van der Waals surface area contributed by atoms with Crippen LogP contribution >= 0.6 is 0 Å². The molecule has 2 aromatic heterocycles. The van der Waals surface area contributed by atoms with Crippen molar-refractivity contribution in [3.05, 3.63) is 46.4 Å². The van der Waals surface area contributed by atoms with Crippen molar-refractivity contribution in [3.63, 3.8) is 0 Å². The highest BCUT2D eigenvalue weighted by Gasteiger charge is 2.27. The molecule has 0 aromatic carbocycles. The molecule has 0 saturated heterocycles. The van der Waals surface area contributed by atoms with Gasteiger partial charge in [-0.05, 0) is 30.5 Å². The first-order valence-corrected chi connectivity index (χ1v) is 7.01. The highest BCUT2D eigenvalue weighted by molar-refractivity contribution is 5.58. The number of nitrogens with zero attached hydrogens (tertiary/aromatic N) is 5. The molecule has 1 saturated carbocycles. The van der Waals surface area contributed by atoms with Gasteiger partial charge in [0.25, 0.3) is 0 Å². The van der Waals surface area contributed by atoms with Gasteiger partial charge in [-0.25, -0.2) is 4.98 Å². The van der Waals surface area contributed by atoms with E-state index < -0.39 is 4.92 Å². The van der Waals surface area contributed by atoms with Crippen LogP contribution in [0, 0.1) is 10.1 Å². The fourth-order valence-electron chi connectivity index (χ4n) is 2.04. The highest BCUT2D eigenvalue weighted by atomic mass is 16.6. The third kappa shape index (κ3) is 3.27. The normalized spacial score (nSPS) is 13.7. The van der Waals surface area contributed by atoms with Crippen LogP contribution in [0.15, 0.2) is 30.7 Å². The van der Waals surface area contributed by atoms with Gasteiger partial charge < -0.3 is 10.2 Å². The van der Waals surface area contributed by atoms with Crippen LogP contribution in [0.5, 0.6) is 0 Å². The summed E-state index contributed by atoms with van der Waals surface area (Å²) in [6.07, 6.45) is 6.74. The van der Waals surface area contributed by atoms with Crippen LogP contribution in [-0.2, 0) is 6.54 Å². The summed E-state index contributed by atoms with van der Waals surface area (Å²) in [7, 11) is 1.85. The third-order valence-corrected chi connectivity index (χ3v) is 3.38. The van der Waals surface area contributed by atoms with Crippen LogP contribution in [0.25, 0.3) is 0 Å². The van der Waals surface area contributed by atoms with Gasteiger partial charge in [-0.3, -0.25) is 15.1 Å². The van der Waals surface area contributed by atoms with E-state index in [-0.39, 0.29) is 11.7 Å². The molecule has 0 amide bonds. The standard InChI is InChI=1S/C14H16N6O2/c1-19(9-10-4-6-15-7-5-10)14-16-8-12(20(21)22)13(18-14)17-11-2-3-11/h4-8,11H,2-3,9H2,1H3,(H,16,17,18). The van der Waals surface area contributed by atoms with Gasteiger partial charge in [0, 0.05) is 32.0 Å². The molecule has 0 spiro atoms. The van der Waals surface area contributed by atoms with Crippen LogP contribution in [-0.4, -0.2) is 33.0 Å². The fraction of sp³-hybridized carbons (Fsp3) is 0.357. The molecule has 0 aliphatic heterocycles. The monoisotopic (exact) mass is 300 g/mol. The van der Waals surface area contributed by atoms with E-state index in [1.54, 1.807) is 12.4 Å². The van der Waals surface area contributed by atoms with Gasteiger partial charge in [-0.2, -0.15) is 4.98 Å². The molecule has 0 bridgehead atoms. The van der Waals surface area contributed by atoms with E-state index in [1.807, 2.05) is 24.1 Å². The average Bonchev–Trinajstić information content (AvgIpc) is 3.32. The summed E-state index contributed by atoms with van der Waals surface area (Å²) in [6, 6.07) is 4.10. The van der Waals surface area contributed by atoms with E-state index in [2.05, 4.69) is 20.3 Å². The predicted octanol–water partition coefficient (Wildman–Crippen LogP) is 1.99. The lowest BCUT2D eigenvalue weighted by Crippen LogP contribution is -2.20. The highest BCUT2D eigenvalue weighted by Crippen LogP contribution is 2.30. The number of anilines is 2. The van der Waals surface area contributed by atoms with Crippen LogP contribution in [0.3, 0.4) is 0 Å². The summed E-state index contributed by atoms with van der Waals surface area (Å²) in [5.74, 6) is 0.740. The van der Waals surface area contributed by atoms with Gasteiger partial charge in [0.1, 0.15) is 6.20 Å². The van der Waals surface area contributed by atoms with E-state index in [1.165, 1.54) is 6.20 Å². The summed E-state index contributed by atoms with van der Waals surface area (Å²) >= 11 is 0. The number of pyridine rings is 1. The maximum absolute atomic E-state index is 11.1. The first-order valence-electron chi connectivity index (χ1n) is 7.01. The zero-order valence-corrected chi connectivity index (χ0v) is 12.1. The van der Waals surface area contributed by atoms with Crippen LogP contribution in [0.4, 0.5) is 17.5 Å². The first-order chi connectivity index (χ1) is 10.6. The fourth-order valence-corrected chi connectivity index (χ4v) is 2.04. The predicted molar refractivity (Wildman–Crippen MR) is 81.7 cm³/mol. The van der Waals surface area contributed by atoms with Gasteiger partial charge in [0.15, 0.2) is 0 Å². The number of nitro groups is 1. The second-order valence-electron chi connectivity index (χ2n) is 5.29. The molecular weight excluding hydrogens is 284 g/mol. The summed E-state index contributed by atoms with van der Waals surface area (Å²) in [4.78, 5) is 24.8. The Morgan fingerprint density at radius 1 is 1.41 bits per heavy atom. The van der Waals surface area contributed by atoms with Gasteiger partial charge in [-0.1, -0.05) is 0 Å². The molecule has 1 aliphatic carbocycles. The molecule has 2 aromatic rings. The molecule has 0 atom stereocenters. The minimum Gasteiger partial charge on any atom is -0.361 e. The van der Waals surface area contributed by atoms with Gasteiger partial charge >= 0.3 is 5.69 Å². The largest absolute Gasteiger partial charge is 0.361 e. The lowest BCUT2D eigenvalue weighted by atomic mass is 10.2. The first kappa shape index (κ1) is 14.2. The zero-order valence-electron chi connectivity index (χ0n) is 12.1. The zero-order chi connectivity index (χ0) is 15.5. The van der Waals surface area contributed by atoms with E-state index in [0.29, 0.717) is 18.3 Å². The van der Waals surface area contributed by atoms with Crippen molar-refractivity contribution in [1.29, 1.82) is 0 Å². The van der Waals surface area contributed by atoms with Crippen LogP contribution in [0.1, 0.15) is 18.4 Å². The second kappa shape index (κ2) is 5.92. The number of nitrogens with one attached hydrogen (secondary N) is 1. The number of hydrogen-bond donors (Lipinski definition) is 1.